The van der Waals surface area contributed by atoms with Gasteiger partial charge in [0.2, 0.25) is 0 Å². The van der Waals surface area contributed by atoms with E-state index in [2.05, 4.69) is 31.2 Å². The van der Waals surface area contributed by atoms with Gasteiger partial charge in [-0.15, -0.1) is 0 Å². The number of nitrogens with one attached hydrogen (secondary N) is 1. The lowest BCUT2D eigenvalue weighted by Gasteiger charge is -2.31. The van der Waals surface area contributed by atoms with Crippen LogP contribution in [-0.2, 0) is 4.74 Å². The lowest BCUT2D eigenvalue weighted by Crippen LogP contribution is -2.50. The fraction of sp³-hybridized carbons (Fsp3) is 1.00. The third-order valence-corrected chi connectivity index (χ3v) is 2.40. The summed E-state index contributed by atoms with van der Waals surface area (Å²) in [6, 6.07) is 0.558. The summed E-state index contributed by atoms with van der Waals surface area (Å²) in [6.45, 7) is 10.4. The maximum absolute atomic E-state index is 5.26. The van der Waals surface area contributed by atoms with E-state index in [0.717, 1.165) is 26.3 Å². The molecule has 72 valence electrons. The van der Waals surface area contributed by atoms with Crippen LogP contribution >= 0.6 is 0 Å². The van der Waals surface area contributed by atoms with E-state index in [1.165, 1.54) is 0 Å². The molecular formula is C9H20N2O. The van der Waals surface area contributed by atoms with Gasteiger partial charge in [-0.3, -0.25) is 5.43 Å². The monoisotopic (exact) mass is 172 g/mol. The predicted octanol–water partition coefficient (Wildman–Crippen LogP) is 0.868. The molecule has 1 saturated heterocycles. The van der Waals surface area contributed by atoms with Crippen molar-refractivity contribution in [2.24, 2.45) is 5.92 Å². The summed E-state index contributed by atoms with van der Waals surface area (Å²) in [5.74, 6) is 0.688. The van der Waals surface area contributed by atoms with Gasteiger partial charge in [-0.05, 0) is 12.8 Å². The molecule has 0 saturated carbocycles. The number of hydrogen-bond acceptors (Lipinski definition) is 3. The second-order valence-corrected chi connectivity index (χ2v) is 3.76. The van der Waals surface area contributed by atoms with Crippen LogP contribution in [0.1, 0.15) is 20.8 Å². The molecule has 0 aromatic heterocycles. The molecule has 1 aliphatic heterocycles. The zero-order valence-corrected chi connectivity index (χ0v) is 8.34. The van der Waals surface area contributed by atoms with Crippen LogP contribution < -0.4 is 5.43 Å². The first-order valence-corrected chi connectivity index (χ1v) is 4.79. The Kier molecular flexibility index (Phi) is 3.98. The summed E-state index contributed by atoms with van der Waals surface area (Å²) in [5.41, 5.74) is 3.47. The first kappa shape index (κ1) is 9.96. The van der Waals surface area contributed by atoms with Gasteiger partial charge in [0, 0.05) is 19.1 Å². The molecule has 1 heterocycles. The average Bonchev–Trinajstić information content (AvgIpc) is 2.06. The van der Waals surface area contributed by atoms with Crippen LogP contribution in [0.5, 0.6) is 0 Å². The highest BCUT2D eigenvalue weighted by molar-refractivity contribution is 4.65. The molecule has 1 aliphatic rings. The number of hydrogen-bond donors (Lipinski definition) is 1. The molecule has 1 fully saturated rings. The fourth-order valence-corrected chi connectivity index (χ4v) is 1.13. The minimum absolute atomic E-state index is 0.558. The molecule has 3 heteroatoms. The quantitative estimate of drug-likeness (QED) is 0.683. The molecule has 1 atom stereocenters. The normalized spacial score (nSPS) is 23.0. The van der Waals surface area contributed by atoms with Crippen molar-refractivity contribution >= 4 is 0 Å². The van der Waals surface area contributed by atoms with Crippen molar-refractivity contribution in [3.05, 3.63) is 0 Å². The van der Waals surface area contributed by atoms with Crippen molar-refractivity contribution in [1.82, 2.24) is 10.4 Å². The van der Waals surface area contributed by atoms with Gasteiger partial charge in [0.15, 0.2) is 0 Å². The Morgan fingerprint density at radius 1 is 1.17 bits per heavy atom. The van der Waals surface area contributed by atoms with Crippen molar-refractivity contribution < 1.29 is 4.74 Å². The topological polar surface area (TPSA) is 24.5 Å². The lowest BCUT2D eigenvalue weighted by atomic mass is 10.1. The first-order valence-electron chi connectivity index (χ1n) is 4.79. The highest BCUT2D eigenvalue weighted by Crippen LogP contribution is 2.02. The van der Waals surface area contributed by atoms with Crippen LogP contribution in [0.25, 0.3) is 0 Å². The van der Waals surface area contributed by atoms with E-state index < -0.39 is 0 Å². The van der Waals surface area contributed by atoms with Crippen molar-refractivity contribution in [2.75, 3.05) is 26.3 Å². The molecule has 0 spiro atoms. The van der Waals surface area contributed by atoms with E-state index in [1.54, 1.807) is 0 Å². The molecule has 0 aromatic rings. The Bertz CT molecular complexity index is 122. The fourth-order valence-electron chi connectivity index (χ4n) is 1.13. The molecule has 0 aromatic carbocycles. The zero-order valence-electron chi connectivity index (χ0n) is 8.34. The summed E-state index contributed by atoms with van der Waals surface area (Å²) >= 11 is 0. The Hall–Kier alpha value is -0.120. The summed E-state index contributed by atoms with van der Waals surface area (Å²) in [4.78, 5) is 0. The zero-order chi connectivity index (χ0) is 8.97. The average molecular weight is 172 g/mol. The van der Waals surface area contributed by atoms with Crippen LogP contribution in [-0.4, -0.2) is 37.4 Å². The molecule has 12 heavy (non-hydrogen) atoms. The molecule has 0 amide bonds. The number of ether oxygens (including phenoxy) is 1. The number of nitrogens with zero attached hydrogens (tertiary/aromatic N) is 1. The molecular weight excluding hydrogens is 152 g/mol. The van der Waals surface area contributed by atoms with Crippen LogP contribution in [0.15, 0.2) is 0 Å². The molecule has 1 N–H and O–H groups in total. The second-order valence-electron chi connectivity index (χ2n) is 3.76. The maximum atomic E-state index is 5.26. The molecule has 3 nitrogen and oxygen atoms in total. The van der Waals surface area contributed by atoms with Gasteiger partial charge in [0.25, 0.3) is 0 Å². The van der Waals surface area contributed by atoms with E-state index in [-0.39, 0.29) is 0 Å². The van der Waals surface area contributed by atoms with Gasteiger partial charge in [-0.1, -0.05) is 13.8 Å². The van der Waals surface area contributed by atoms with E-state index in [4.69, 9.17) is 4.74 Å². The predicted molar refractivity (Wildman–Crippen MR) is 49.8 cm³/mol. The molecule has 1 rings (SSSR count). The largest absolute Gasteiger partial charge is 0.379 e. The van der Waals surface area contributed by atoms with Gasteiger partial charge in [0.05, 0.1) is 13.2 Å². The minimum atomic E-state index is 0.558. The van der Waals surface area contributed by atoms with E-state index >= 15 is 0 Å². The summed E-state index contributed by atoms with van der Waals surface area (Å²) in [5, 5.41) is 2.26. The number of rotatable bonds is 3. The van der Waals surface area contributed by atoms with Crippen LogP contribution in [0.4, 0.5) is 0 Å². The van der Waals surface area contributed by atoms with E-state index in [0.29, 0.717) is 12.0 Å². The van der Waals surface area contributed by atoms with Gasteiger partial charge in [0.1, 0.15) is 0 Å². The van der Waals surface area contributed by atoms with Crippen molar-refractivity contribution in [2.45, 2.75) is 26.8 Å². The first-order chi connectivity index (χ1) is 5.70. The third-order valence-electron chi connectivity index (χ3n) is 2.40. The molecule has 0 aliphatic carbocycles. The van der Waals surface area contributed by atoms with Crippen LogP contribution in [0, 0.1) is 5.92 Å². The van der Waals surface area contributed by atoms with Gasteiger partial charge in [-0.2, -0.15) is 0 Å². The van der Waals surface area contributed by atoms with E-state index in [9.17, 15) is 0 Å². The summed E-state index contributed by atoms with van der Waals surface area (Å²) < 4.78 is 5.26. The SMILES string of the molecule is CC(C)C(C)NN1CCOCC1. The lowest BCUT2D eigenvalue weighted by molar-refractivity contribution is 0.00130. The Labute approximate surface area is 75.0 Å². The van der Waals surface area contributed by atoms with Crippen molar-refractivity contribution in [3.63, 3.8) is 0 Å². The summed E-state index contributed by atoms with van der Waals surface area (Å²) in [7, 11) is 0. The van der Waals surface area contributed by atoms with Gasteiger partial charge in [-0.25, -0.2) is 5.01 Å². The number of hydrazine groups is 1. The van der Waals surface area contributed by atoms with Crippen LogP contribution in [0.2, 0.25) is 0 Å². The van der Waals surface area contributed by atoms with Crippen LogP contribution in [0.3, 0.4) is 0 Å². The smallest absolute Gasteiger partial charge is 0.0608 e. The van der Waals surface area contributed by atoms with Gasteiger partial charge < -0.3 is 4.74 Å². The third kappa shape index (κ3) is 3.09. The molecule has 0 bridgehead atoms. The molecule has 1 unspecified atom stereocenters. The highest BCUT2D eigenvalue weighted by atomic mass is 16.5. The van der Waals surface area contributed by atoms with E-state index in [1.807, 2.05) is 0 Å². The Balaban J connectivity index is 2.20. The Morgan fingerprint density at radius 3 is 2.25 bits per heavy atom. The van der Waals surface area contributed by atoms with Crippen molar-refractivity contribution in [3.8, 4) is 0 Å². The Morgan fingerprint density at radius 2 is 1.75 bits per heavy atom. The standard InChI is InChI=1S/C9H20N2O/c1-8(2)9(3)10-11-4-6-12-7-5-11/h8-10H,4-7H2,1-3H3. The number of morpholine rings is 1. The highest BCUT2D eigenvalue weighted by Gasteiger charge is 2.14. The van der Waals surface area contributed by atoms with Gasteiger partial charge >= 0.3 is 0 Å². The maximum Gasteiger partial charge on any atom is 0.0608 e. The molecule has 0 radical (unpaired) electrons. The minimum Gasteiger partial charge on any atom is -0.379 e. The second kappa shape index (κ2) is 4.80. The van der Waals surface area contributed by atoms with Crippen molar-refractivity contribution in [1.29, 1.82) is 0 Å². The summed E-state index contributed by atoms with van der Waals surface area (Å²) in [6.07, 6.45) is 0.